The van der Waals surface area contributed by atoms with E-state index in [0.717, 1.165) is 61.6 Å². The van der Waals surface area contributed by atoms with E-state index in [1.54, 1.807) is 30.3 Å². The maximum Gasteiger partial charge on any atom is 0.326 e. The van der Waals surface area contributed by atoms with Gasteiger partial charge in [0.25, 0.3) is 0 Å². The van der Waals surface area contributed by atoms with Gasteiger partial charge in [0.2, 0.25) is 35.4 Å². The lowest BCUT2D eigenvalue weighted by atomic mass is 9.94. The first-order chi connectivity index (χ1) is 40.8. The van der Waals surface area contributed by atoms with Gasteiger partial charge in [0.05, 0.1) is 35.7 Å². The molecule has 3 aromatic carbocycles. The van der Waals surface area contributed by atoms with Crippen LogP contribution in [0.15, 0.2) is 60.7 Å². The molecule has 1 aromatic heterocycles. The molecule has 0 aliphatic carbocycles. The molecule has 466 valence electrons. The van der Waals surface area contributed by atoms with Crippen molar-refractivity contribution in [3.05, 3.63) is 77.6 Å². The molecule has 0 unspecified atom stereocenters. The number of hydrogen-bond donors (Lipinski definition) is 12. The quantitative estimate of drug-likeness (QED) is 0.0264. The minimum absolute atomic E-state index is 0.109. The summed E-state index contributed by atoms with van der Waals surface area (Å²) in [5.74, 6) is -13.6. The highest BCUT2D eigenvalue weighted by Crippen LogP contribution is 2.33. The second-order valence-corrected chi connectivity index (χ2v) is 21.0. The zero-order valence-corrected chi connectivity index (χ0v) is 47.8. The maximum atomic E-state index is 14.2. The molecule has 4 rings (SSSR count). The van der Waals surface area contributed by atoms with Gasteiger partial charge < -0.3 is 63.6 Å². The van der Waals surface area contributed by atoms with Crippen LogP contribution in [0.2, 0.25) is 0 Å². The molecule has 0 bridgehead atoms. The monoisotopic (exact) mass is 1200 g/mol. The Balaban J connectivity index is 1.06. The van der Waals surface area contributed by atoms with Crippen LogP contribution in [-0.2, 0) is 59.2 Å². The number of ketones is 1. The van der Waals surface area contributed by atoms with Crippen LogP contribution < -0.4 is 38.1 Å². The van der Waals surface area contributed by atoms with E-state index in [2.05, 4.69) is 31.7 Å². The molecule has 1 heterocycles. The summed E-state index contributed by atoms with van der Waals surface area (Å²) < 4.78 is 15.5. The van der Waals surface area contributed by atoms with Crippen molar-refractivity contribution in [2.45, 2.75) is 166 Å². The van der Waals surface area contributed by atoms with Crippen LogP contribution in [-0.4, -0.2) is 137 Å². The van der Waals surface area contributed by atoms with Crippen molar-refractivity contribution in [2.24, 2.45) is 11.7 Å². The number of nitrogens with zero attached hydrogens (tertiary/aromatic N) is 2. The van der Waals surface area contributed by atoms with Gasteiger partial charge in [-0.2, -0.15) is 4.68 Å². The number of fused-ring (bicyclic) bond motifs is 1. The van der Waals surface area contributed by atoms with Crippen LogP contribution in [0, 0.1) is 18.7 Å². The van der Waals surface area contributed by atoms with Crippen molar-refractivity contribution < 1.29 is 87.5 Å². The highest BCUT2D eigenvalue weighted by molar-refractivity contribution is 6.05. The summed E-state index contributed by atoms with van der Waals surface area (Å²) in [6, 6.07) is 10.8. The fourth-order valence-corrected chi connectivity index (χ4v) is 9.34. The van der Waals surface area contributed by atoms with Gasteiger partial charge >= 0.3 is 29.8 Å². The number of carboxylic acids is 5. The van der Waals surface area contributed by atoms with Gasteiger partial charge in [0, 0.05) is 50.8 Å². The number of nitrogen functional groups attached to an aromatic ring is 1. The number of hydrogen-bond acceptors (Lipinski definition) is 15. The summed E-state index contributed by atoms with van der Waals surface area (Å²) in [6.07, 6.45) is 2.80. The molecule has 26 nitrogen and oxygen atoms in total. The van der Waals surface area contributed by atoms with Crippen molar-refractivity contribution in [3.8, 4) is 11.1 Å². The Labute approximate surface area is 494 Å². The summed E-state index contributed by atoms with van der Waals surface area (Å²) in [6.45, 7) is 2.14. The highest BCUT2D eigenvalue weighted by atomic mass is 19.1. The van der Waals surface area contributed by atoms with Gasteiger partial charge in [-0.05, 0) is 86.4 Å². The summed E-state index contributed by atoms with van der Waals surface area (Å²) in [5.41, 5.74) is 16.1. The summed E-state index contributed by atoms with van der Waals surface area (Å²) in [5, 5.41) is 63.8. The number of carboxylic acid groups (broad SMARTS) is 5. The number of aliphatic carboxylic acids is 5. The number of rotatable bonds is 40. The van der Waals surface area contributed by atoms with E-state index >= 15 is 0 Å². The van der Waals surface area contributed by atoms with E-state index in [1.807, 2.05) is 31.2 Å². The van der Waals surface area contributed by atoms with Gasteiger partial charge in [-0.25, -0.2) is 18.8 Å². The third-order valence-electron chi connectivity index (χ3n) is 14.1. The predicted molar refractivity (Wildman–Crippen MR) is 309 cm³/mol. The Bertz CT molecular complexity index is 3080. The van der Waals surface area contributed by atoms with Crippen LogP contribution in [0.4, 0.5) is 15.9 Å². The summed E-state index contributed by atoms with van der Waals surface area (Å²) in [7, 11) is 0. The van der Waals surface area contributed by atoms with Crippen molar-refractivity contribution in [1.29, 1.82) is 0 Å². The molecule has 0 saturated carbocycles. The molecule has 14 N–H and O–H groups in total. The maximum absolute atomic E-state index is 14.2. The molecule has 86 heavy (non-hydrogen) atoms. The number of Topliss-reactive ketones (excluding diaryl/α,β-unsaturated/α-hetero) is 1. The van der Waals surface area contributed by atoms with Gasteiger partial charge in [0.1, 0.15) is 29.7 Å². The Morgan fingerprint density at radius 3 is 1.72 bits per heavy atom. The smallest absolute Gasteiger partial charge is 0.326 e. The standard InChI is InChI=1S/C59H76FN9O17/c1-34-15-22-41(60)37(30-34)32-50(74)64-38-19-16-35(17-20-38)40-12-11-13-46-53(40)54(62)68-69(46)51(75)14-9-7-5-3-2-4-6-8-10-29-63-49(73)33-42(61)55(78)67-45(59(85)86)25-27-48(72)66-44(58(83)84)24-26-47(71)65-43(57(81)82)23-21-39(70)31-36(56(79)80)18-28-52(76)77/h11-13,15-17,19-20,22,30,36,42-45H,2-10,14,18,21,23-29,31-33,61H2,1H3,(H2,62,68)(H,63,73)(H,64,74)(H,65,71)(H,66,72)(H,67,78)(H,76,77)(H,79,80)(H,81,82)(H,83,84)(H,85,86)/t36-,42+,43+,44+,45+/m1/s1. The van der Waals surface area contributed by atoms with Gasteiger partial charge in [0.15, 0.2) is 5.82 Å². The lowest BCUT2D eigenvalue weighted by Crippen LogP contribution is -2.50. The number of amides is 5. The van der Waals surface area contributed by atoms with E-state index in [1.165, 1.54) is 10.7 Å². The third-order valence-corrected chi connectivity index (χ3v) is 14.1. The Hall–Kier alpha value is -9.14. The van der Waals surface area contributed by atoms with E-state index in [9.17, 15) is 82.4 Å². The first-order valence-corrected chi connectivity index (χ1v) is 28.3. The van der Waals surface area contributed by atoms with Gasteiger partial charge in [-0.1, -0.05) is 86.9 Å². The second kappa shape index (κ2) is 35.2. The van der Waals surface area contributed by atoms with E-state index in [-0.39, 0.29) is 36.9 Å². The minimum atomic E-state index is -1.69. The van der Waals surface area contributed by atoms with Crippen molar-refractivity contribution in [2.75, 3.05) is 17.6 Å². The lowest BCUT2D eigenvalue weighted by Gasteiger charge is -2.19. The molecule has 5 atom stereocenters. The molecular weight excluding hydrogens is 1130 g/mol. The number of benzene rings is 3. The highest BCUT2D eigenvalue weighted by Gasteiger charge is 2.29. The zero-order chi connectivity index (χ0) is 63.5. The number of aryl methyl sites for hydroxylation is 1. The first-order valence-electron chi connectivity index (χ1n) is 28.3. The van der Waals surface area contributed by atoms with Crippen LogP contribution in [0.1, 0.15) is 144 Å². The number of halogens is 1. The van der Waals surface area contributed by atoms with Crippen molar-refractivity contribution in [1.82, 2.24) is 31.0 Å². The fraction of sp³-hybridized carbons (Fsp3) is 0.475. The van der Waals surface area contributed by atoms with Gasteiger partial charge in [-0.15, -0.1) is 5.10 Å². The Kier molecular flexibility index (Phi) is 28.4. The number of carbonyl (C=O) groups is 12. The van der Waals surface area contributed by atoms with E-state index < -0.39 is 153 Å². The topological polar surface area (TPSA) is 436 Å². The summed E-state index contributed by atoms with van der Waals surface area (Å²) in [4.78, 5) is 147. The Morgan fingerprint density at radius 1 is 0.593 bits per heavy atom. The number of unbranched alkanes of at least 4 members (excludes halogenated alkanes) is 8. The van der Waals surface area contributed by atoms with Crippen LogP contribution in [0.25, 0.3) is 22.0 Å². The SMILES string of the molecule is Cc1ccc(F)c(CC(=O)Nc2ccc(-c3cccc4c3c(N)nn4C(=O)CCCCCCCCCCCNC(=O)C[C@H](N)C(=O)N[C@@H](CCC(=O)N[C@@H](CCC(=O)N[C@@H](CCC(=O)C[C@@H](CCC(=O)O)C(=O)O)C(=O)O)C(=O)O)C(=O)O)cc2)c1. The van der Waals surface area contributed by atoms with E-state index in [4.69, 9.17) is 16.6 Å². The molecular formula is C59H76FN9O17. The molecule has 0 spiro atoms. The molecule has 0 saturated heterocycles. The minimum Gasteiger partial charge on any atom is -0.481 e. The normalized spacial score (nSPS) is 12.8. The van der Waals surface area contributed by atoms with E-state index in [0.29, 0.717) is 41.5 Å². The molecule has 0 radical (unpaired) electrons. The lowest BCUT2D eigenvalue weighted by molar-refractivity contribution is -0.145. The number of aromatic nitrogens is 2. The summed E-state index contributed by atoms with van der Waals surface area (Å²) >= 11 is 0. The molecule has 0 aliphatic heterocycles. The molecule has 0 aliphatic rings. The van der Waals surface area contributed by atoms with Gasteiger partial charge in [-0.3, -0.25) is 43.2 Å². The number of nitrogens with one attached hydrogen (secondary N) is 5. The van der Waals surface area contributed by atoms with Crippen molar-refractivity contribution >= 4 is 93.5 Å². The molecule has 0 fully saturated rings. The number of anilines is 2. The van der Waals surface area contributed by atoms with Crippen LogP contribution in [0.5, 0.6) is 0 Å². The first kappa shape index (κ1) is 69.4. The predicted octanol–water partition coefficient (Wildman–Crippen LogP) is 4.86. The average Bonchev–Trinajstić information content (AvgIpc) is 4.04. The molecule has 5 amide bonds. The molecule has 27 heteroatoms. The zero-order valence-electron chi connectivity index (χ0n) is 47.8. The fourth-order valence-electron chi connectivity index (χ4n) is 9.34. The average molecular weight is 1200 g/mol. The van der Waals surface area contributed by atoms with Crippen LogP contribution in [0.3, 0.4) is 0 Å². The molecule has 4 aromatic rings. The largest absolute Gasteiger partial charge is 0.481 e. The number of carbonyl (C=O) groups excluding carboxylic acids is 7. The van der Waals surface area contributed by atoms with Crippen LogP contribution >= 0.6 is 0 Å². The third kappa shape index (κ3) is 23.8. The number of nitrogens with two attached hydrogens (primary N) is 2. The second-order valence-electron chi connectivity index (χ2n) is 21.0. The Morgan fingerprint density at radius 2 is 1.15 bits per heavy atom. The van der Waals surface area contributed by atoms with Crippen molar-refractivity contribution in [3.63, 3.8) is 0 Å².